The number of aromatic hydroxyl groups is 1. The molecule has 0 aromatic carbocycles. The zero-order valence-corrected chi connectivity index (χ0v) is 7.78. The van der Waals surface area contributed by atoms with Crippen LogP contribution in [0, 0.1) is 6.92 Å². The Morgan fingerprint density at radius 1 is 1.62 bits per heavy atom. The Morgan fingerprint density at radius 3 is 2.69 bits per heavy atom. The molecule has 4 heteroatoms. The van der Waals surface area contributed by atoms with Crippen LogP contribution >= 0.6 is 0 Å². The Bertz CT molecular complexity index is 311. The van der Waals surface area contributed by atoms with Crippen LogP contribution in [0.3, 0.4) is 0 Å². The average molecular weight is 182 g/mol. The maximum atomic E-state index is 9.63. The van der Waals surface area contributed by atoms with Gasteiger partial charge in [-0.1, -0.05) is 0 Å². The van der Waals surface area contributed by atoms with Gasteiger partial charge in [-0.25, -0.2) is 0 Å². The number of aliphatic hydroxyl groups excluding tert-OH is 1. The van der Waals surface area contributed by atoms with Gasteiger partial charge < -0.3 is 15.9 Å². The highest BCUT2D eigenvalue weighted by Gasteiger charge is 2.14. The van der Waals surface area contributed by atoms with Crippen molar-refractivity contribution in [1.29, 1.82) is 0 Å². The van der Waals surface area contributed by atoms with Crippen molar-refractivity contribution in [3.05, 3.63) is 23.0 Å². The molecule has 0 saturated carbocycles. The SMILES string of the molecule is Cc1ncc(CO)c([C@@H](C)N)c1O. The first kappa shape index (κ1) is 9.95. The molecule has 1 aromatic heterocycles. The van der Waals surface area contributed by atoms with Gasteiger partial charge >= 0.3 is 0 Å². The van der Waals surface area contributed by atoms with Gasteiger partial charge in [-0.2, -0.15) is 0 Å². The fourth-order valence-electron chi connectivity index (χ4n) is 1.29. The quantitative estimate of drug-likeness (QED) is 0.626. The minimum Gasteiger partial charge on any atom is -0.506 e. The highest BCUT2D eigenvalue weighted by atomic mass is 16.3. The Morgan fingerprint density at radius 2 is 2.23 bits per heavy atom. The molecule has 0 aliphatic carbocycles. The summed E-state index contributed by atoms with van der Waals surface area (Å²) in [4.78, 5) is 3.93. The molecule has 1 rings (SSSR count). The van der Waals surface area contributed by atoms with Crippen LogP contribution in [0.5, 0.6) is 5.75 Å². The fraction of sp³-hybridized carbons (Fsp3) is 0.444. The van der Waals surface area contributed by atoms with E-state index in [1.165, 1.54) is 6.20 Å². The minimum absolute atomic E-state index is 0.0848. The lowest BCUT2D eigenvalue weighted by Crippen LogP contribution is -2.10. The molecule has 4 nitrogen and oxygen atoms in total. The van der Waals surface area contributed by atoms with E-state index in [0.717, 1.165) is 0 Å². The Labute approximate surface area is 77.0 Å². The molecule has 0 radical (unpaired) electrons. The lowest BCUT2D eigenvalue weighted by atomic mass is 10.0. The molecule has 0 spiro atoms. The van der Waals surface area contributed by atoms with Gasteiger partial charge in [0.25, 0.3) is 0 Å². The summed E-state index contributed by atoms with van der Waals surface area (Å²) in [6.07, 6.45) is 1.54. The number of nitrogens with two attached hydrogens (primary N) is 1. The summed E-state index contributed by atoms with van der Waals surface area (Å²) in [6.45, 7) is 3.30. The van der Waals surface area contributed by atoms with E-state index < -0.39 is 0 Å². The normalized spacial score (nSPS) is 12.9. The Kier molecular flexibility index (Phi) is 2.85. The number of aromatic nitrogens is 1. The van der Waals surface area contributed by atoms with E-state index in [9.17, 15) is 5.11 Å². The topological polar surface area (TPSA) is 79.4 Å². The third-order valence-corrected chi connectivity index (χ3v) is 1.98. The van der Waals surface area contributed by atoms with Gasteiger partial charge in [0.2, 0.25) is 0 Å². The van der Waals surface area contributed by atoms with E-state index in [-0.39, 0.29) is 18.4 Å². The van der Waals surface area contributed by atoms with Crippen LogP contribution < -0.4 is 5.73 Å². The van der Waals surface area contributed by atoms with Gasteiger partial charge in [-0.15, -0.1) is 0 Å². The van der Waals surface area contributed by atoms with Gasteiger partial charge in [-0.3, -0.25) is 4.98 Å². The summed E-state index contributed by atoms with van der Waals surface area (Å²) in [7, 11) is 0. The van der Waals surface area contributed by atoms with Crippen LogP contribution in [0.2, 0.25) is 0 Å². The first-order valence-corrected chi connectivity index (χ1v) is 4.11. The number of pyridine rings is 1. The molecule has 1 atom stereocenters. The van der Waals surface area contributed by atoms with Crippen molar-refractivity contribution in [2.45, 2.75) is 26.5 Å². The van der Waals surface area contributed by atoms with Crippen LogP contribution in [0.1, 0.15) is 29.8 Å². The van der Waals surface area contributed by atoms with Crippen molar-refractivity contribution in [1.82, 2.24) is 4.98 Å². The molecule has 0 amide bonds. The molecular formula is C9H14N2O2. The number of nitrogens with zero attached hydrogens (tertiary/aromatic N) is 1. The molecule has 4 N–H and O–H groups in total. The lowest BCUT2D eigenvalue weighted by molar-refractivity contribution is 0.278. The molecule has 1 heterocycles. The summed E-state index contributed by atoms with van der Waals surface area (Å²) in [5.41, 5.74) is 7.35. The van der Waals surface area contributed by atoms with E-state index in [2.05, 4.69) is 4.98 Å². The van der Waals surface area contributed by atoms with Crippen molar-refractivity contribution in [3.63, 3.8) is 0 Å². The van der Waals surface area contributed by atoms with E-state index in [4.69, 9.17) is 10.8 Å². The van der Waals surface area contributed by atoms with Crippen molar-refractivity contribution >= 4 is 0 Å². The molecule has 13 heavy (non-hydrogen) atoms. The summed E-state index contributed by atoms with van der Waals surface area (Å²) in [5, 5.41) is 18.6. The van der Waals surface area contributed by atoms with Crippen molar-refractivity contribution in [2.75, 3.05) is 0 Å². The summed E-state index contributed by atoms with van der Waals surface area (Å²) >= 11 is 0. The fourth-order valence-corrected chi connectivity index (χ4v) is 1.29. The highest BCUT2D eigenvalue weighted by Crippen LogP contribution is 2.28. The molecule has 0 saturated heterocycles. The Hall–Kier alpha value is -1.13. The number of hydrogen-bond acceptors (Lipinski definition) is 4. The van der Waals surface area contributed by atoms with Crippen molar-refractivity contribution in [2.24, 2.45) is 5.73 Å². The maximum Gasteiger partial charge on any atom is 0.141 e. The second-order valence-electron chi connectivity index (χ2n) is 3.08. The first-order chi connectivity index (χ1) is 6.07. The van der Waals surface area contributed by atoms with E-state index in [1.807, 2.05) is 0 Å². The van der Waals surface area contributed by atoms with Crippen LogP contribution in [0.4, 0.5) is 0 Å². The molecule has 72 valence electrons. The predicted octanol–water partition coefficient (Wildman–Crippen LogP) is 0.608. The summed E-state index contributed by atoms with van der Waals surface area (Å²) in [5.74, 6) is 0.0848. The number of aliphatic hydroxyl groups is 1. The highest BCUT2D eigenvalue weighted by molar-refractivity contribution is 5.42. The third kappa shape index (κ3) is 1.79. The lowest BCUT2D eigenvalue weighted by Gasteiger charge is -2.13. The van der Waals surface area contributed by atoms with E-state index >= 15 is 0 Å². The summed E-state index contributed by atoms with van der Waals surface area (Å²) < 4.78 is 0. The monoisotopic (exact) mass is 182 g/mol. The van der Waals surface area contributed by atoms with E-state index in [0.29, 0.717) is 16.8 Å². The summed E-state index contributed by atoms with van der Waals surface area (Å²) in [6, 6.07) is -0.302. The first-order valence-electron chi connectivity index (χ1n) is 4.11. The van der Waals surface area contributed by atoms with Crippen LogP contribution in [-0.4, -0.2) is 15.2 Å². The van der Waals surface area contributed by atoms with Gasteiger partial charge in [0, 0.05) is 23.4 Å². The number of aryl methyl sites for hydroxylation is 1. The van der Waals surface area contributed by atoms with Crippen LogP contribution in [0.15, 0.2) is 6.20 Å². The van der Waals surface area contributed by atoms with Gasteiger partial charge in [-0.05, 0) is 13.8 Å². The number of rotatable bonds is 2. The molecular weight excluding hydrogens is 168 g/mol. The zero-order valence-electron chi connectivity index (χ0n) is 7.78. The second-order valence-corrected chi connectivity index (χ2v) is 3.08. The molecule has 0 bridgehead atoms. The third-order valence-electron chi connectivity index (χ3n) is 1.98. The van der Waals surface area contributed by atoms with Crippen molar-refractivity contribution < 1.29 is 10.2 Å². The predicted molar refractivity (Wildman–Crippen MR) is 49.2 cm³/mol. The smallest absolute Gasteiger partial charge is 0.141 e. The zero-order chi connectivity index (χ0) is 10.0. The molecule has 1 aromatic rings. The van der Waals surface area contributed by atoms with Gasteiger partial charge in [0.15, 0.2) is 0 Å². The maximum absolute atomic E-state index is 9.63. The molecule has 0 fully saturated rings. The number of hydrogen-bond donors (Lipinski definition) is 3. The van der Waals surface area contributed by atoms with Gasteiger partial charge in [0.1, 0.15) is 5.75 Å². The standard InChI is InChI=1S/C9H14N2O2/c1-5(10)8-7(4-12)3-11-6(2)9(8)13/h3,5,12-13H,4,10H2,1-2H3/t5-/m1/s1. The Balaban J connectivity index is 3.32. The van der Waals surface area contributed by atoms with E-state index in [1.54, 1.807) is 13.8 Å². The molecule has 0 aliphatic rings. The molecule has 0 aliphatic heterocycles. The largest absolute Gasteiger partial charge is 0.506 e. The van der Waals surface area contributed by atoms with Gasteiger partial charge in [0.05, 0.1) is 12.3 Å². The second kappa shape index (κ2) is 3.72. The minimum atomic E-state index is -0.302. The van der Waals surface area contributed by atoms with Crippen molar-refractivity contribution in [3.8, 4) is 5.75 Å². The van der Waals surface area contributed by atoms with Crippen LogP contribution in [-0.2, 0) is 6.61 Å². The average Bonchev–Trinajstić information content (AvgIpc) is 2.08. The van der Waals surface area contributed by atoms with Crippen LogP contribution in [0.25, 0.3) is 0 Å². The molecule has 0 unspecified atom stereocenters.